The maximum atomic E-state index is 14.2. The summed E-state index contributed by atoms with van der Waals surface area (Å²) in [4.78, 5) is 110. The fourth-order valence-electron chi connectivity index (χ4n) is 13.4. The fraction of sp³-hybridized carbons (Fsp3) is 0.600. The number of nitrogens with one attached hydrogen (secondary N) is 1. The van der Waals surface area contributed by atoms with Gasteiger partial charge in [0, 0.05) is 67.2 Å². The van der Waals surface area contributed by atoms with Crippen LogP contribution >= 0.6 is 0 Å². The lowest BCUT2D eigenvalue weighted by molar-refractivity contribution is -0.383. The van der Waals surface area contributed by atoms with Gasteiger partial charge in [0.15, 0.2) is 0 Å². The number of ketones is 3. The molecule has 4 aliphatic carbocycles. The van der Waals surface area contributed by atoms with Crippen molar-refractivity contribution >= 4 is 51.8 Å². The van der Waals surface area contributed by atoms with Crippen LogP contribution in [0.2, 0.25) is 0 Å². The summed E-state index contributed by atoms with van der Waals surface area (Å²) in [5.41, 5.74) is 5.16. The summed E-state index contributed by atoms with van der Waals surface area (Å²) in [7, 11) is 0. The molecule has 1 amide bonds. The second kappa shape index (κ2) is 16.9. The van der Waals surface area contributed by atoms with Crippen molar-refractivity contribution in [3.8, 4) is 11.4 Å². The monoisotopic (exact) mass is 905 g/mol. The van der Waals surface area contributed by atoms with E-state index in [1.807, 2.05) is 0 Å². The molecule has 10 atom stereocenters. The molecule has 0 saturated heterocycles. The van der Waals surface area contributed by atoms with E-state index in [-0.39, 0.29) is 107 Å². The zero-order valence-electron chi connectivity index (χ0n) is 38.2. The van der Waals surface area contributed by atoms with E-state index in [0.717, 1.165) is 19.3 Å². The van der Waals surface area contributed by atoms with E-state index < -0.39 is 39.5 Å². The van der Waals surface area contributed by atoms with Crippen molar-refractivity contribution in [2.24, 2.45) is 52.1 Å². The highest BCUT2D eigenvalue weighted by atomic mass is 16.6. The molecule has 3 N–H and O–H groups in total. The number of hydrogen-bond donors (Lipinski definition) is 2. The third-order valence-electron chi connectivity index (χ3n) is 17.3. The van der Waals surface area contributed by atoms with Crippen LogP contribution in [0.15, 0.2) is 35.1 Å². The lowest BCUT2D eigenvalue weighted by Gasteiger charge is -2.58. The summed E-state index contributed by atoms with van der Waals surface area (Å²) in [5.74, 6) is -1.02. The first kappa shape index (κ1) is 45.5. The first-order valence-corrected chi connectivity index (χ1v) is 23.8. The number of carbonyl (C=O) groups is 6. The quantitative estimate of drug-likeness (QED) is 0.0663. The number of benzene rings is 1. The van der Waals surface area contributed by atoms with Crippen molar-refractivity contribution in [2.45, 2.75) is 136 Å². The molecule has 9 rings (SSSR count). The topological polar surface area (TPSA) is 237 Å². The Labute approximate surface area is 382 Å². The maximum absolute atomic E-state index is 14.2. The van der Waals surface area contributed by atoms with Gasteiger partial charge in [-0.2, -0.15) is 0 Å². The number of nitrogens with zero attached hydrogens (tertiary/aromatic N) is 3. The molecule has 350 valence electrons. The Hall–Kier alpha value is -5.64. The first-order chi connectivity index (χ1) is 31.4. The van der Waals surface area contributed by atoms with Crippen molar-refractivity contribution in [1.29, 1.82) is 0 Å². The number of nitro benzene ring substituents is 1. The molecule has 4 heterocycles. The Morgan fingerprint density at radius 1 is 1.06 bits per heavy atom. The van der Waals surface area contributed by atoms with Crippen LogP contribution in [0.25, 0.3) is 22.3 Å². The fourth-order valence-corrected chi connectivity index (χ4v) is 13.4. The van der Waals surface area contributed by atoms with E-state index in [4.69, 9.17) is 15.2 Å². The van der Waals surface area contributed by atoms with E-state index in [1.165, 1.54) is 16.7 Å². The minimum Gasteiger partial charge on any atom is -0.457 e. The number of Topliss-reactive ketones (excluding diaryl/α,β-unsaturated/α-hetero) is 3. The molecule has 3 aromatic rings. The molecular weight excluding hydrogens is 847 g/mol. The van der Waals surface area contributed by atoms with Crippen LogP contribution in [0.1, 0.15) is 128 Å². The number of esters is 2. The van der Waals surface area contributed by atoms with Crippen LogP contribution in [0.5, 0.6) is 0 Å². The number of non-ortho nitro benzene ring substituents is 1. The number of amides is 1. The Morgan fingerprint density at radius 2 is 1.85 bits per heavy atom. The number of aromatic nitrogens is 2. The van der Waals surface area contributed by atoms with Crippen molar-refractivity contribution in [3.05, 3.63) is 67.5 Å². The van der Waals surface area contributed by atoms with E-state index >= 15 is 0 Å². The van der Waals surface area contributed by atoms with Crippen LogP contribution in [-0.4, -0.2) is 62.3 Å². The minimum atomic E-state index is -1.95. The van der Waals surface area contributed by atoms with Crippen molar-refractivity contribution < 1.29 is 43.2 Å². The number of pyridine rings is 2. The SMILES string of the molecule is CC[C@@]1(OC(=O)C(N)CCCCNC(=O)CC[C@@H](C)C2CCC3C4C(=O)CC5CC(=O)CC[C@]5(C)C4CC(=O)[C@@]32C)C(=O)OCc2c1cc1n(c2=O)Cc2cc3c([N+](=O)[O-])cccc3nc2-1. The van der Waals surface area contributed by atoms with Gasteiger partial charge in [-0.25, -0.2) is 9.78 Å². The molecule has 2 aliphatic heterocycles. The second-order valence-electron chi connectivity index (χ2n) is 20.5. The molecule has 0 spiro atoms. The lowest BCUT2D eigenvalue weighted by atomic mass is 9.44. The molecule has 0 bridgehead atoms. The number of rotatable bonds is 13. The maximum Gasteiger partial charge on any atom is 0.355 e. The average Bonchev–Trinajstić information content (AvgIpc) is 3.84. The number of nitro groups is 1. The molecule has 16 heteroatoms. The van der Waals surface area contributed by atoms with E-state index in [9.17, 15) is 43.7 Å². The summed E-state index contributed by atoms with van der Waals surface area (Å²) in [6.45, 7) is 8.19. The van der Waals surface area contributed by atoms with Gasteiger partial charge in [0.2, 0.25) is 11.5 Å². The van der Waals surface area contributed by atoms with Gasteiger partial charge >= 0.3 is 11.9 Å². The third-order valence-corrected chi connectivity index (χ3v) is 17.3. The van der Waals surface area contributed by atoms with Gasteiger partial charge in [0.1, 0.15) is 30.0 Å². The summed E-state index contributed by atoms with van der Waals surface area (Å²) < 4.78 is 12.9. The molecule has 16 nitrogen and oxygen atoms in total. The number of fused-ring (bicyclic) bond motifs is 10. The Bertz CT molecular complexity index is 2660. The molecule has 66 heavy (non-hydrogen) atoms. The Balaban J connectivity index is 0.778. The molecular formula is C50H59N5O11. The van der Waals surface area contributed by atoms with Crippen LogP contribution in [0.4, 0.5) is 5.69 Å². The summed E-state index contributed by atoms with van der Waals surface area (Å²) in [5, 5.41) is 15.0. The zero-order valence-corrected chi connectivity index (χ0v) is 38.2. The highest BCUT2D eigenvalue weighted by Gasteiger charge is 2.66. The van der Waals surface area contributed by atoms with Crippen molar-refractivity contribution in [1.82, 2.24) is 14.9 Å². The normalized spacial score (nSPS) is 30.5. The van der Waals surface area contributed by atoms with Crippen molar-refractivity contribution in [2.75, 3.05) is 6.54 Å². The molecule has 2 aromatic heterocycles. The highest BCUT2D eigenvalue weighted by molar-refractivity contribution is 5.94. The van der Waals surface area contributed by atoms with E-state index in [1.54, 1.807) is 25.1 Å². The first-order valence-electron chi connectivity index (χ1n) is 23.8. The second-order valence-corrected chi connectivity index (χ2v) is 20.5. The summed E-state index contributed by atoms with van der Waals surface area (Å²) >= 11 is 0. The molecule has 1 aromatic carbocycles. The largest absolute Gasteiger partial charge is 0.457 e. The smallest absolute Gasteiger partial charge is 0.355 e. The van der Waals surface area contributed by atoms with Crippen LogP contribution in [0, 0.1) is 56.5 Å². The van der Waals surface area contributed by atoms with Gasteiger partial charge < -0.3 is 25.1 Å². The van der Waals surface area contributed by atoms with Gasteiger partial charge in [0.25, 0.3) is 11.2 Å². The van der Waals surface area contributed by atoms with Crippen LogP contribution < -0.4 is 16.6 Å². The molecule has 4 saturated carbocycles. The lowest BCUT2D eigenvalue weighted by Crippen LogP contribution is -2.60. The average molecular weight is 906 g/mol. The number of ether oxygens (including phenoxy) is 2. The summed E-state index contributed by atoms with van der Waals surface area (Å²) in [6.07, 6.45) is 6.29. The Kier molecular flexibility index (Phi) is 11.7. The Morgan fingerprint density at radius 3 is 2.61 bits per heavy atom. The van der Waals surface area contributed by atoms with Crippen LogP contribution in [0.3, 0.4) is 0 Å². The van der Waals surface area contributed by atoms with Crippen LogP contribution in [-0.2, 0) is 57.0 Å². The predicted molar refractivity (Wildman–Crippen MR) is 239 cm³/mol. The highest BCUT2D eigenvalue weighted by Crippen LogP contribution is 2.66. The summed E-state index contributed by atoms with van der Waals surface area (Å²) in [6, 6.07) is 6.73. The van der Waals surface area contributed by atoms with Gasteiger partial charge in [-0.15, -0.1) is 0 Å². The number of nitrogens with two attached hydrogens (primary N) is 1. The number of unbranched alkanes of at least 4 members (excludes halogenated alkanes) is 1. The van der Waals surface area contributed by atoms with Gasteiger partial charge in [-0.1, -0.05) is 33.8 Å². The minimum absolute atomic E-state index is 0.00434. The van der Waals surface area contributed by atoms with E-state index in [0.29, 0.717) is 85.8 Å². The molecule has 6 unspecified atom stereocenters. The number of cyclic esters (lactones) is 1. The van der Waals surface area contributed by atoms with Crippen molar-refractivity contribution in [3.63, 3.8) is 0 Å². The third kappa shape index (κ3) is 7.20. The van der Waals surface area contributed by atoms with Gasteiger partial charge in [-0.05, 0) is 105 Å². The molecule has 6 aliphatic rings. The van der Waals surface area contributed by atoms with Gasteiger partial charge in [0.05, 0.1) is 39.3 Å². The van der Waals surface area contributed by atoms with Gasteiger partial charge in [-0.3, -0.25) is 38.9 Å². The standard InChI is InChI=1S/C50H59N5O11/c1-5-50(34-22-39-44-27(24-54(39)45(60)31(34)25-65-47(50)62)19-30-37(53-44)10-8-11-38(30)55(63)64)66-46(61)36(51)9-6-7-18-52-42(59)15-12-26(2)32-13-14-33-43-35(23-41(58)49(32,33)4)48(3)17-16-29(56)20-28(48)21-40(43)57/h8,10-11,19,22,26,28,32-33,35-36,43H,5-7,9,12-18,20-21,23-25,51H2,1-4H3,(H,52,59)/t26-,28?,32?,33?,35?,36?,43?,48+,49-,50+/m1/s1. The zero-order chi connectivity index (χ0) is 47.0. The molecule has 0 radical (unpaired) electrons. The molecule has 4 fully saturated rings. The number of carbonyl (C=O) groups excluding carboxylic acids is 6. The van der Waals surface area contributed by atoms with E-state index in [2.05, 4.69) is 31.1 Å². The predicted octanol–water partition coefficient (Wildman–Crippen LogP) is 6.15. The number of hydrogen-bond acceptors (Lipinski definition) is 13.